The number of carboxylic acid groups (broad SMARTS) is 1. The van der Waals surface area contributed by atoms with Gasteiger partial charge in [0.2, 0.25) is 0 Å². The number of pyridine rings is 1. The lowest BCUT2D eigenvalue weighted by molar-refractivity contribution is -0.0223. The van der Waals surface area contributed by atoms with Gasteiger partial charge >= 0.3 is 5.97 Å². The third kappa shape index (κ3) is 3.27. The van der Waals surface area contributed by atoms with Crippen LogP contribution in [0.5, 0.6) is 0 Å². The molecule has 6 heteroatoms. The second-order valence-corrected chi connectivity index (χ2v) is 6.53. The van der Waals surface area contributed by atoms with E-state index >= 15 is 0 Å². The normalized spacial score (nSPS) is 24.3. The van der Waals surface area contributed by atoms with Crippen molar-refractivity contribution in [3.63, 3.8) is 0 Å². The van der Waals surface area contributed by atoms with Crippen molar-refractivity contribution in [1.82, 2.24) is 4.57 Å². The van der Waals surface area contributed by atoms with Crippen LogP contribution in [0.3, 0.4) is 0 Å². The van der Waals surface area contributed by atoms with Crippen LogP contribution in [0.2, 0.25) is 0 Å². The summed E-state index contributed by atoms with van der Waals surface area (Å²) in [6.45, 7) is 7.11. The Morgan fingerprint density at radius 3 is 2.42 bits per heavy atom. The Bertz CT molecular complexity index is 820. The molecule has 0 fully saturated rings. The third-order valence-electron chi connectivity index (χ3n) is 4.99. The molecule has 3 rings (SSSR count). The highest BCUT2D eigenvalue weighted by atomic mass is 16.5. The first-order valence-electron chi connectivity index (χ1n) is 9.16. The Hall–Kier alpha value is -2.18. The molecule has 0 aromatic carbocycles. The van der Waals surface area contributed by atoms with Crippen LogP contribution in [-0.2, 0) is 9.47 Å². The quantitative estimate of drug-likeness (QED) is 0.845. The molecule has 140 valence electrons. The van der Waals surface area contributed by atoms with E-state index in [1.807, 2.05) is 24.5 Å². The Morgan fingerprint density at radius 2 is 1.85 bits per heavy atom. The minimum absolute atomic E-state index is 0.109. The van der Waals surface area contributed by atoms with Crippen molar-refractivity contribution in [3.05, 3.63) is 51.5 Å². The van der Waals surface area contributed by atoms with E-state index in [2.05, 4.69) is 13.0 Å². The van der Waals surface area contributed by atoms with E-state index in [9.17, 15) is 14.7 Å². The summed E-state index contributed by atoms with van der Waals surface area (Å²) in [5.41, 5.74) is 2.17. The van der Waals surface area contributed by atoms with Crippen molar-refractivity contribution in [3.8, 4) is 0 Å². The number of fused-ring (bicyclic) bond motifs is 3. The maximum atomic E-state index is 12.3. The number of aromatic nitrogens is 1. The van der Waals surface area contributed by atoms with Crippen molar-refractivity contribution in [1.29, 1.82) is 0 Å². The number of ether oxygens (including phenoxy) is 2. The van der Waals surface area contributed by atoms with Crippen LogP contribution in [0.4, 0.5) is 0 Å². The number of hydrogen-bond donors (Lipinski definition) is 1. The highest BCUT2D eigenvalue weighted by Crippen LogP contribution is 2.41. The molecule has 2 aliphatic rings. The summed E-state index contributed by atoms with van der Waals surface area (Å²) in [5, 5.41) is 9.29. The molecule has 0 bridgehead atoms. The molecule has 26 heavy (non-hydrogen) atoms. The standard InChI is InChI=1S/C20H25NO5/c1-4-13-7-12-8-18(25-5-2)19(26-6-3)9-14(12)16-10-17(22)15(20(23)24)11-21(13)16/h8-11,13,18-19H,4-7H2,1-3H3,(H,23,24). The largest absolute Gasteiger partial charge is 0.477 e. The van der Waals surface area contributed by atoms with Gasteiger partial charge in [-0.3, -0.25) is 4.79 Å². The Morgan fingerprint density at radius 1 is 1.19 bits per heavy atom. The monoisotopic (exact) mass is 359 g/mol. The van der Waals surface area contributed by atoms with E-state index in [0.717, 1.165) is 29.7 Å². The summed E-state index contributed by atoms with van der Waals surface area (Å²) < 4.78 is 13.6. The topological polar surface area (TPSA) is 77.8 Å². The summed E-state index contributed by atoms with van der Waals surface area (Å²) in [5.74, 6) is -1.19. The SMILES string of the molecule is CCOC1C=C2CC(CC)n3cc(C(=O)O)c(=O)cc3C2=CC1OCC. The molecule has 1 aliphatic carbocycles. The lowest BCUT2D eigenvalue weighted by Gasteiger charge is -2.36. The number of carboxylic acids is 1. The molecule has 0 radical (unpaired) electrons. The molecular weight excluding hydrogens is 334 g/mol. The summed E-state index contributed by atoms with van der Waals surface area (Å²) in [6.07, 6.45) is 6.84. The molecule has 3 unspecified atom stereocenters. The molecule has 0 spiro atoms. The van der Waals surface area contributed by atoms with Gasteiger partial charge in [-0.2, -0.15) is 0 Å². The van der Waals surface area contributed by atoms with Gasteiger partial charge in [-0.1, -0.05) is 6.92 Å². The summed E-state index contributed by atoms with van der Waals surface area (Å²) in [6, 6.07) is 1.55. The number of carbonyl (C=O) groups is 1. The number of rotatable bonds is 6. The van der Waals surface area contributed by atoms with Crippen LogP contribution in [0.25, 0.3) is 5.57 Å². The fraction of sp³-hybridized carbons (Fsp3) is 0.500. The van der Waals surface area contributed by atoms with Gasteiger partial charge in [-0.15, -0.1) is 0 Å². The van der Waals surface area contributed by atoms with Gasteiger partial charge in [0.15, 0.2) is 5.43 Å². The minimum Gasteiger partial charge on any atom is -0.477 e. The zero-order valence-corrected chi connectivity index (χ0v) is 15.4. The van der Waals surface area contributed by atoms with Crippen molar-refractivity contribution in [2.75, 3.05) is 13.2 Å². The van der Waals surface area contributed by atoms with E-state index in [4.69, 9.17) is 9.47 Å². The first kappa shape index (κ1) is 18.6. The van der Waals surface area contributed by atoms with Crippen molar-refractivity contribution in [2.45, 2.75) is 51.9 Å². The smallest absolute Gasteiger partial charge is 0.341 e. The van der Waals surface area contributed by atoms with Crippen LogP contribution in [-0.4, -0.2) is 41.1 Å². The second kappa shape index (κ2) is 7.60. The van der Waals surface area contributed by atoms with Crippen LogP contribution < -0.4 is 5.43 Å². The fourth-order valence-electron chi connectivity index (χ4n) is 3.77. The zero-order valence-electron chi connectivity index (χ0n) is 15.4. The Balaban J connectivity index is 2.14. The highest BCUT2D eigenvalue weighted by Gasteiger charge is 2.33. The van der Waals surface area contributed by atoms with Gasteiger partial charge in [0.1, 0.15) is 17.8 Å². The predicted octanol–water partition coefficient (Wildman–Crippen LogP) is 3.03. The number of nitrogens with zero attached hydrogens (tertiary/aromatic N) is 1. The molecule has 0 saturated heterocycles. The van der Waals surface area contributed by atoms with Gasteiger partial charge in [0.05, 0.1) is 5.69 Å². The molecule has 1 N–H and O–H groups in total. The lowest BCUT2D eigenvalue weighted by Crippen LogP contribution is -2.34. The average Bonchev–Trinajstić information content (AvgIpc) is 2.61. The van der Waals surface area contributed by atoms with Crippen molar-refractivity contribution < 1.29 is 19.4 Å². The maximum absolute atomic E-state index is 12.3. The molecule has 2 heterocycles. The zero-order chi connectivity index (χ0) is 18.8. The van der Waals surface area contributed by atoms with Crippen molar-refractivity contribution in [2.24, 2.45) is 0 Å². The summed E-state index contributed by atoms with van der Waals surface area (Å²) >= 11 is 0. The van der Waals surface area contributed by atoms with E-state index in [-0.39, 0.29) is 23.8 Å². The summed E-state index contributed by atoms with van der Waals surface area (Å²) in [7, 11) is 0. The molecule has 0 amide bonds. The number of hydrogen-bond acceptors (Lipinski definition) is 4. The summed E-state index contributed by atoms with van der Waals surface area (Å²) in [4.78, 5) is 23.6. The molecule has 1 aromatic rings. The fourth-order valence-corrected chi connectivity index (χ4v) is 3.77. The first-order valence-corrected chi connectivity index (χ1v) is 9.16. The molecule has 6 nitrogen and oxygen atoms in total. The first-order chi connectivity index (χ1) is 12.5. The van der Waals surface area contributed by atoms with Crippen molar-refractivity contribution >= 4 is 11.5 Å². The molecule has 0 saturated carbocycles. The Labute approximate surface area is 152 Å². The minimum atomic E-state index is -1.19. The molecule has 3 atom stereocenters. The van der Waals surface area contributed by atoms with E-state index in [1.165, 1.54) is 12.3 Å². The van der Waals surface area contributed by atoms with Gasteiger partial charge in [-0.05, 0) is 44.4 Å². The molecule has 1 aromatic heterocycles. The van der Waals surface area contributed by atoms with Gasteiger partial charge in [-0.25, -0.2) is 4.79 Å². The van der Waals surface area contributed by atoms with E-state index in [0.29, 0.717) is 13.2 Å². The average molecular weight is 359 g/mol. The van der Waals surface area contributed by atoms with Gasteiger partial charge in [0, 0.05) is 37.1 Å². The van der Waals surface area contributed by atoms with Crippen LogP contribution in [0, 0.1) is 0 Å². The second-order valence-electron chi connectivity index (χ2n) is 6.53. The van der Waals surface area contributed by atoms with Crippen LogP contribution in [0.1, 0.15) is 55.7 Å². The van der Waals surface area contributed by atoms with Crippen LogP contribution in [0.15, 0.2) is 34.8 Å². The van der Waals surface area contributed by atoms with Crippen LogP contribution >= 0.6 is 0 Å². The molecule has 1 aliphatic heterocycles. The number of aromatic carboxylic acids is 1. The van der Waals surface area contributed by atoms with Gasteiger partial charge < -0.3 is 19.1 Å². The Kier molecular flexibility index (Phi) is 5.44. The third-order valence-corrected chi connectivity index (χ3v) is 4.99. The highest BCUT2D eigenvalue weighted by molar-refractivity contribution is 5.88. The van der Waals surface area contributed by atoms with E-state index in [1.54, 1.807) is 0 Å². The van der Waals surface area contributed by atoms with Gasteiger partial charge in [0.25, 0.3) is 0 Å². The molecular formula is C20H25NO5. The maximum Gasteiger partial charge on any atom is 0.341 e. The number of allylic oxidation sites excluding steroid dienone is 2. The van der Waals surface area contributed by atoms with E-state index < -0.39 is 11.4 Å². The lowest BCUT2D eigenvalue weighted by atomic mass is 9.83. The predicted molar refractivity (Wildman–Crippen MR) is 98.5 cm³/mol.